The number of carbonyl (C=O) groups is 2. The monoisotopic (exact) mass is 479 g/mol. The highest BCUT2D eigenvalue weighted by Crippen LogP contribution is 2.27. The van der Waals surface area contributed by atoms with Crippen molar-refractivity contribution in [2.75, 3.05) is 25.5 Å². The predicted octanol–water partition coefficient (Wildman–Crippen LogP) is 3.04. The van der Waals surface area contributed by atoms with Crippen LogP contribution in [-0.4, -0.2) is 50.8 Å². The molecule has 1 atom stereocenters. The molecule has 0 aromatic heterocycles. The number of halogens is 1. The highest BCUT2D eigenvalue weighted by Gasteiger charge is 2.33. The van der Waals surface area contributed by atoms with Gasteiger partial charge in [-0.05, 0) is 55.7 Å². The Morgan fingerprint density at radius 2 is 1.88 bits per heavy atom. The van der Waals surface area contributed by atoms with Crippen molar-refractivity contribution in [1.29, 1.82) is 0 Å². The fourth-order valence-electron chi connectivity index (χ4n) is 3.64. The number of ether oxygens (including phenoxy) is 1. The number of anilines is 1. The van der Waals surface area contributed by atoms with E-state index < -0.39 is 21.8 Å². The van der Waals surface area contributed by atoms with Crippen molar-refractivity contribution >= 4 is 39.1 Å². The van der Waals surface area contributed by atoms with Gasteiger partial charge in [0, 0.05) is 35.9 Å². The first kappa shape index (κ1) is 24.0. The average Bonchev–Trinajstić information content (AvgIpc) is 2.79. The molecule has 10 heteroatoms. The molecule has 0 spiro atoms. The van der Waals surface area contributed by atoms with Gasteiger partial charge in [-0.1, -0.05) is 24.1 Å². The maximum atomic E-state index is 13.1. The number of rotatable bonds is 7. The maximum Gasteiger partial charge on any atom is 0.313 e. The minimum Gasteiger partial charge on any atom is -0.497 e. The van der Waals surface area contributed by atoms with Crippen LogP contribution in [0.2, 0.25) is 5.02 Å². The zero-order chi connectivity index (χ0) is 23.1. The van der Waals surface area contributed by atoms with E-state index in [2.05, 4.69) is 10.6 Å². The number of carbonyl (C=O) groups excluding carboxylic acids is 2. The molecule has 32 heavy (non-hydrogen) atoms. The normalized spacial score (nSPS) is 16.9. The summed E-state index contributed by atoms with van der Waals surface area (Å²) in [6, 6.07) is 12.5. The standard InChI is InChI=1S/C22H26ClN3O5S/c1-31-19-7-4-5-17(15-19)25-22(28)21(27)24-13-12-18-6-2-3-14-26(18)32(29,30)20-10-8-16(23)9-11-20/h4-5,7-11,15,18H,2-3,6,12-14H2,1H3,(H,24,27)(H,25,28)/t18-/m0/s1. The molecule has 0 radical (unpaired) electrons. The number of benzene rings is 2. The average molecular weight is 480 g/mol. The molecule has 2 aromatic rings. The molecule has 0 saturated carbocycles. The van der Waals surface area contributed by atoms with Crippen molar-refractivity contribution in [3.8, 4) is 5.75 Å². The van der Waals surface area contributed by atoms with Crippen molar-refractivity contribution < 1.29 is 22.7 Å². The van der Waals surface area contributed by atoms with Gasteiger partial charge in [-0.15, -0.1) is 0 Å². The largest absolute Gasteiger partial charge is 0.497 e. The lowest BCUT2D eigenvalue weighted by Crippen LogP contribution is -2.45. The molecule has 172 valence electrons. The summed E-state index contributed by atoms with van der Waals surface area (Å²) < 4.78 is 32.8. The smallest absolute Gasteiger partial charge is 0.313 e. The van der Waals surface area contributed by atoms with Crippen LogP contribution in [0.5, 0.6) is 5.75 Å². The number of hydrogen-bond donors (Lipinski definition) is 2. The predicted molar refractivity (Wildman–Crippen MR) is 122 cm³/mol. The summed E-state index contributed by atoms with van der Waals surface area (Å²) >= 11 is 5.88. The zero-order valence-corrected chi connectivity index (χ0v) is 19.3. The molecule has 1 fully saturated rings. The van der Waals surface area contributed by atoms with E-state index >= 15 is 0 Å². The molecule has 1 saturated heterocycles. The first-order chi connectivity index (χ1) is 15.3. The van der Waals surface area contributed by atoms with Crippen LogP contribution in [0.25, 0.3) is 0 Å². The fraction of sp³-hybridized carbons (Fsp3) is 0.364. The first-order valence-corrected chi connectivity index (χ1v) is 12.1. The quantitative estimate of drug-likeness (QED) is 0.594. The van der Waals surface area contributed by atoms with Gasteiger partial charge in [0.05, 0.1) is 12.0 Å². The van der Waals surface area contributed by atoms with Gasteiger partial charge < -0.3 is 15.4 Å². The van der Waals surface area contributed by atoms with Crippen LogP contribution >= 0.6 is 11.6 Å². The van der Waals surface area contributed by atoms with E-state index in [1.807, 2.05) is 0 Å². The second-order valence-electron chi connectivity index (χ2n) is 7.45. The lowest BCUT2D eigenvalue weighted by molar-refractivity contribution is -0.136. The Morgan fingerprint density at radius 1 is 1.12 bits per heavy atom. The number of piperidine rings is 1. The van der Waals surface area contributed by atoms with Crippen molar-refractivity contribution in [2.24, 2.45) is 0 Å². The Morgan fingerprint density at radius 3 is 2.59 bits per heavy atom. The van der Waals surface area contributed by atoms with E-state index in [1.54, 1.807) is 36.4 Å². The van der Waals surface area contributed by atoms with E-state index in [-0.39, 0.29) is 17.5 Å². The number of methoxy groups -OCH3 is 1. The molecule has 2 aromatic carbocycles. The number of hydrogen-bond acceptors (Lipinski definition) is 5. The van der Waals surface area contributed by atoms with Crippen LogP contribution in [0.1, 0.15) is 25.7 Å². The summed E-state index contributed by atoms with van der Waals surface area (Å²) in [7, 11) is -2.16. The molecule has 3 rings (SSSR count). The van der Waals surface area contributed by atoms with Crippen LogP contribution in [-0.2, 0) is 19.6 Å². The van der Waals surface area contributed by atoms with Crippen LogP contribution in [0.15, 0.2) is 53.4 Å². The molecular weight excluding hydrogens is 454 g/mol. The van der Waals surface area contributed by atoms with E-state index in [0.717, 1.165) is 12.8 Å². The maximum absolute atomic E-state index is 13.1. The van der Waals surface area contributed by atoms with Crippen LogP contribution in [0, 0.1) is 0 Å². The molecule has 1 heterocycles. The number of nitrogens with zero attached hydrogens (tertiary/aromatic N) is 1. The third-order valence-corrected chi connectivity index (χ3v) is 7.51. The third-order valence-electron chi connectivity index (χ3n) is 5.29. The van der Waals surface area contributed by atoms with Crippen molar-refractivity contribution in [3.05, 3.63) is 53.6 Å². The van der Waals surface area contributed by atoms with E-state index in [9.17, 15) is 18.0 Å². The molecule has 8 nitrogen and oxygen atoms in total. The molecular formula is C22H26ClN3O5S. The molecule has 1 aliphatic heterocycles. The Balaban J connectivity index is 1.56. The first-order valence-electron chi connectivity index (χ1n) is 10.3. The van der Waals surface area contributed by atoms with E-state index in [0.29, 0.717) is 35.8 Å². The summed E-state index contributed by atoms with van der Waals surface area (Å²) in [5.41, 5.74) is 0.442. The molecule has 1 aliphatic rings. The molecule has 0 aliphatic carbocycles. The van der Waals surface area contributed by atoms with Gasteiger partial charge in [-0.25, -0.2) is 8.42 Å². The second kappa shape index (κ2) is 10.8. The third kappa shape index (κ3) is 5.99. The SMILES string of the molecule is COc1cccc(NC(=O)C(=O)NCC[C@@H]2CCCCN2S(=O)(=O)c2ccc(Cl)cc2)c1. The molecule has 2 N–H and O–H groups in total. The summed E-state index contributed by atoms with van der Waals surface area (Å²) in [6.45, 7) is 0.599. The minimum absolute atomic E-state index is 0.182. The van der Waals surface area contributed by atoms with Gasteiger partial charge >= 0.3 is 11.8 Å². The molecule has 0 unspecified atom stereocenters. The summed E-state index contributed by atoms with van der Waals surface area (Å²) in [6.07, 6.45) is 2.78. The summed E-state index contributed by atoms with van der Waals surface area (Å²) in [4.78, 5) is 24.5. The van der Waals surface area contributed by atoms with Crippen LogP contribution < -0.4 is 15.4 Å². The van der Waals surface area contributed by atoms with Gasteiger partial charge in [0.15, 0.2) is 0 Å². The Labute approximate surface area is 192 Å². The highest BCUT2D eigenvalue weighted by molar-refractivity contribution is 7.89. The van der Waals surface area contributed by atoms with Gasteiger partial charge in [0.2, 0.25) is 10.0 Å². The van der Waals surface area contributed by atoms with Crippen LogP contribution in [0.3, 0.4) is 0 Å². The Bertz CT molecular complexity index is 1060. The minimum atomic E-state index is -3.67. The lowest BCUT2D eigenvalue weighted by Gasteiger charge is -2.34. The van der Waals surface area contributed by atoms with Crippen molar-refractivity contribution in [1.82, 2.24) is 9.62 Å². The van der Waals surface area contributed by atoms with Crippen molar-refractivity contribution in [3.63, 3.8) is 0 Å². The van der Waals surface area contributed by atoms with Crippen molar-refractivity contribution in [2.45, 2.75) is 36.6 Å². The Kier molecular flexibility index (Phi) is 8.11. The number of amides is 2. The zero-order valence-electron chi connectivity index (χ0n) is 17.7. The van der Waals surface area contributed by atoms with Crippen LogP contribution in [0.4, 0.5) is 5.69 Å². The van der Waals surface area contributed by atoms with Gasteiger partial charge in [-0.2, -0.15) is 4.31 Å². The molecule has 0 bridgehead atoms. The van der Waals surface area contributed by atoms with E-state index in [4.69, 9.17) is 16.3 Å². The molecule has 2 amide bonds. The van der Waals surface area contributed by atoms with Gasteiger partial charge in [0.1, 0.15) is 5.75 Å². The summed E-state index contributed by atoms with van der Waals surface area (Å²) in [5.74, 6) is -1.02. The summed E-state index contributed by atoms with van der Waals surface area (Å²) in [5, 5.41) is 5.56. The fourth-order valence-corrected chi connectivity index (χ4v) is 5.49. The lowest BCUT2D eigenvalue weighted by atomic mass is 10.0. The van der Waals surface area contributed by atoms with Gasteiger partial charge in [-0.3, -0.25) is 9.59 Å². The van der Waals surface area contributed by atoms with Gasteiger partial charge in [0.25, 0.3) is 0 Å². The number of nitrogens with one attached hydrogen (secondary N) is 2. The number of sulfonamides is 1. The topological polar surface area (TPSA) is 105 Å². The second-order valence-corrected chi connectivity index (χ2v) is 9.78. The Hall–Kier alpha value is -2.62. The highest BCUT2D eigenvalue weighted by atomic mass is 35.5. The van der Waals surface area contributed by atoms with E-state index in [1.165, 1.54) is 23.5 Å².